The van der Waals surface area contributed by atoms with Crippen molar-refractivity contribution in [3.63, 3.8) is 0 Å². The number of halogens is 6. The molecule has 1 rings (SSSR count). The summed E-state index contributed by atoms with van der Waals surface area (Å²) in [6.45, 7) is 0. The highest BCUT2D eigenvalue weighted by atomic mass is 32.2. The minimum atomic E-state index is -5.77. The predicted molar refractivity (Wildman–Crippen MR) is 53.9 cm³/mol. The van der Waals surface area contributed by atoms with Gasteiger partial charge in [0.2, 0.25) is 10.0 Å². The van der Waals surface area contributed by atoms with Crippen LogP contribution in [0.1, 0.15) is 5.56 Å². The first-order valence-corrected chi connectivity index (χ1v) is 6.22. The molecule has 0 saturated carbocycles. The molecule has 8 nitrogen and oxygen atoms in total. The Labute approximate surface area is 116 Å². The number of sulfonamides is 1. The summed E-state index contributed by atoms with van der Waals surface area (Å²) < 4.78 is 100. The third-order valence-corrected chi connectivity index (χ3v) is 2.86. The molecule has 0 aliphatic carbocycles. The smallest absolute Gasteiger partial charge is 0.403 e. The van der Waals surface area contributed by atoms with Crippen molar-refractivity contribution in [3.8, 4) is 5.75 Å². The molecular weight excluding hydrogens is 352 g/mol. The van der Waals surface area contributed by atoms with Gasteiger partial charge in [-0.3, -0.25) is 0 Å². The topological polar surface area (TPSA) is 125 Å². The molecule has 0 aromatic carbocycles. The Hall–Kier alpha value is -2.16. The summed E-state index contributed by atoms with van der Waals surface area (Å²) in [4.78, 5) is 9.49. The van der Waals surface area contributed by atoms with Gasteiger partial charge in [0.1, 0.15) is 0 Å². The van der Waals surface area contributed by atoms with Crippen LogP contribution in [-0.2, 0) is 16.2 Å². The van der Waals surface area contributed by atoms with Gasteiger partial charge in [-0.05, 0) is 9.91 Å². The summed E-state index contributed by atoms with van der Waals surface area (Å²) in [5, 5.41) is 14.9. The van der Waals surface area contributed by atoms with Gasteiger partial charge in [0.15, 0.2) is 22.4 Å². The standard InChI is InChI=1S/C7H3F6N3O5S/c8-6(9,10)3-4(21-7(11,12)13)2(22(14,19)20)1-15-5(3)16(17)18/h1H,(H2,14,19,20). The molecule has 124 valence electrons. The zero-order chi connectivity index (χ0) is 17.5. The number of rotatable bonds is 3. The molecule has 1 aromatic rings. The van der Waals surface area contributed by atoms with Crippen LogP contribution in [0, 0.1) is 10.1 Å². The van der Waals surface area contributed by atoms with Gasteiger partial charge in [-0.1, -0.05) is 0 Å². The lowest BCUT2D eigenvalue weighted by Gasteiger charge is -2.16. The molecule has 2 N–H and O–H groups in total. The lowest BCUT2D eigenvalue weighted by molar-refractivity contribution is -0.393. The Morgan fingerprint density at radius 2 is 1.73 bits per heavy atom. The number of hydrogen-bond donors (Lipinski definition) is 1. The number of alkyl halides is 6. The van der Waals surface area contributed by atoms with Gasteiger partial charge in [-0.2, -0.15) is 13.2 Å². The number of nitrogens with two attached hydrogens (primary N) is 1. The van der Waals surface area contributed by atoms with E-state index in [-0.39, 0.29) is 6.20 Å². The van der Waals surface area contributed by atoms with Gasteiger partial charge >= 0.3 is 18.4 Å². The SMILES string of the molecule is NS(=O)(=O)c1cnc([N+](=O)[O-])c(C(F)(F)F)c1OC(F)(F)F. The predicted octanol–water partition coefficient (Wildman–Crippen LogP) is 1.55. The minimum absolute atomic E-state index is 0.135. The molecule has 0 bridgehead atoms. The number of nitrogens with zero attached hydrogens (tertiary/aromatic N) is 2. The summed E-state index contributed by atoms with van der Waals surface area (Å²) in [5.74, 6) is -4.44. The first-order valence-electron chi connectivity index (χ1n) is 4.67. The number of nitro groups is 1. The monoisotopic (exact) mass is 355 g/mol. The highest BCUT2D eigenvalue weighted by Crippen LogP contribution is 2.45. The molecule has 0 radical (unpaired) electrons. The summed E-state index contributed by atoms with van der Waals surface area (Å²) in [5.41, 5.74) is -2.62. The highest BCUT2D eigenvalue weighted by molar-refractivity contribution is 7.89. The normalized spacial score (nSPS) is 13.0. The lowest BCUT2D eigenvalue weighted by Crippen LogP contribution is -2.25. The fourth-order valence-electron chi connectivity index (χ4n) is 1.28. The van der Waals surface area contributed by atoms with E-state index in [0.717, 1.165) is 0 Å². The number of hydrogen-bond acceptors (Lipinski definition) is 6. The molecule has 1 aromatic heterocycles. The zero-order valence-electron chi connectivity index (χ0n) is 9.77. The average molecular weight is 355 g/mol. The Bertz CT molecular complexity index is 713. The van der Waals surface area contributed by atoms with Gasteiger partial charge in [-0.15, -0.1) is 13.2 Å². The zero-order valence-corrected chi connectivity index (χ0v) is 10.6. The van der Waals surface area contributed by atoms with Gasteiger partial charge in [-0.25, -0.2) is 13.6 Å². The molecule has 0 unspecified atom stereocenters. The van der Waals surface area contributed by atoms with E-state index in [9.17, 15) is 44.9 Å². The summed E-state index contributed by atoms with van der Waals surface area (Å²) >= 11 is 0. The maximum atomic E-state index is 12.8. The van der Waals surface area contributed by atoms with Gasteiger partial charge in [0, 0.05) is 0 Å². The maximum absolute atomic E-state index is 12.8. The van der Waals surface area contributed by atoms with E-state index in [1.165, 1.54) is 0 Å². The molecule has 0 aliphatic heterocycles. The van der Waals surface area contributed by atoms with Crippen LogP contribution < -0.4 is 9.88 Å². The summed E-state index contributed by atoms with van der Waals surface area (Å²) in [6.07, 6.45) is -11.7. The minimum Gasteiger partial charge on any atom is -0.403 e. The van der Waals surface area contributed by atoms with Crippen LogP contribution in [0.15, 0.2) is 11.1 Å². The van der Waals surface area contributed by atoms with Crippen molar-refractivity contribution < 1.29 is 44.4 Å². The molecule has 0 amide bonds. The largest absolute Gasteiger partial charge is 0.573 e. The van der Waals surface area contributed by atoms with Crippen molar-refractivity contribution in [1.82, 2.24) is 4.98 Å². The first-order chi connectivity index (χ1) is 9.64. The quantitative estimate of drug-likeness (QED) is 0.498. The maximum Gasteiger partial charge on any atom is 0.573 e. The molecule has 0 fully saturated rings. The van der Waals surface area contributed by atoms with Crippen molar-refractivity contribution in [2.45, 2.75) is 17.4 Å². The summed E-state index contributed by atoms with van der Waals surface area (Å²) in [7, 11) is -5.14. The number of pyridine rings is 1. The number of ether oxygens (including phenoxy) is 1. The van der Waals surface area contributed by atoms with Crippen LogP contribution in [0.25, 0.3) is 0 Å². The second kappa shape index (κ2) is 5.24. The molecular formula is C7H3F6N3O5S. The average Bonchev–Trinajstić information content (AvgIpc) is 2.22. The molecule has 0 aliphatic rings. The first kappa shape index (κ1) is 17.9. The van der Waals surface area contributed by atoms with E-state index in [1.807, 2.05) is 0 Å². The van der Waals surface area contributed by atoms with Crippen LogP contribution in [0.2, 0.25) is 0 Å². The highest BCUT2D eigenvalue weighted by Gasteiger charge is 2.48. The molecule has 15 heteroatoms. The Kier molecular flexibility index (Phi) is 4.26. The lowest BCUT2D eigenvalue weighted by atomic mass is 10.2. The van der Waals surface area contributed by atoms with Crippen LogP contribution >= 0.6 is 0 Å². The third-order valence-electron chi connectivity index (χ3n) is 1.96. The van der Waals surface area contributed by atoms with Crippen molar-refractivity contribution in [3.05, 3.63) is 21.9 Å². The van der Waals surface area contributed by atoms with E-state index in [1.54, 1.807) is 0 Å². The molecule has 0 spiro atoms. The number of aromatic nitrogens is 1. The van der Waals surface area contributed by atoms with E-state index < -0.39 is 49.5 Å². The van der Waals surface area contributed by atoms with Gasteiger partial charge < -0.3 is 14.9 Å². The molecule has 1 heterocycles. The Balaban J connectivity index is 3.91. The second-order valence-electron chi connectivity index (χ2n) is 3.50. The third kappa shape index (κ3) is 3.94. The second-order valence-corrected chi connectivity index (χ2v) is 5.03. The fourth-order valence-corrected chi connectivity index (χ4v) is 1.88. The van der Waals surface area contributed by atoms with E-state index in [0.29, 0.717) is 0 Å². The fraction of sp³-hybridized carbons (Fsp3) is 0.286. The van der Waals surface area contributed by atoms with E-state index >= 15 is 0 Å². The van der Waals surface area contributed by atoms with Crippen LogP contribution in [0.5, 0.6) is 5.75 Å². The molecule has 0 saturated heterocycles. The Morgan fingerprint density at radius 1 is 1.23 bits per heavy atom. The summed E-state index contributed by atoms with van der Waals surface area (Å²) in [6, 6.07) is 0. The van der Waals surface area contributed by atoms with E-state index in [4.69, 9.17) is 0 Å². The Morgan fingerprint density at radius 3 is 2.05 bits per heavy atom. The number of primary sulfonamides is 1. The molecule has 22 heavy (non-hydrogen) atoms. The van der Waals surface area contributed by atoms with Crippen LogP contribution in [0.4, 0.5) is 32.2 Å². The van der Waals surface area contributed by atoms with Crippen molar-refractivity contribution in [2.75, 3.05) is 0 Å². The van der Waals surface area contributed by atoms with Gasteiger partial charge in [0.25, 0.3) is 0 Å². The van der Waals surface area contributed by atoms with E-state index in [2.05, 4.69) is 14.9 Å². The van der Waals surface area contributed by atoms with Crippen molar-refractivity contribution in [2.24, 2.45) is 5.14 Å². The molecule has 0 atom stereocenters. The van der Waals surface area contributed by atoms with Crippen molar-refractivity contribution in [1.29, 1.82) is 0 Å². The van der Waals surface area contributed by atoms with Crippen LogP contribution in [-0.4, -0.2) is 24.7 Å². The van der Waals surface area contributed by atoms with Crippen LogP contribution in [0.3, 0.4) is 0 Å². The van der Waals surface area contributed by atoms with Crippen molar-refractivity contribution >= 4 is 15.8 Å². The van der Waals surface area contributed by atoms with Gasteiger partial charge in [0.05, 0.1) is 0 Å².